The van der Waals surface area contributed by atoms with Crippen LogP contribution in [0.5, 0.6) is 0 Å². The molecule has 0 unspecified atom stereocenters. The van der Waals surface area contributed by atoms with Gasteiger partial charge in [-0.05, 0) is 61.2 Å². The van der Waals surface area contributed by atoms with Gasteiger partial charge in [-0.3, -0.25) is 0 Å². The van der Waals surface area contributed by atoms with Crippen molar-refractivity contribution in [3.8, 4) is 0 Å². The summed E-state index contributed by atoms with van der Waals surface area (Å²) in [6.45, 7) is 5.18. The molecule has 5 nitrogen and oxygen atoms in total. The number of nitrogens with zero attached hydrogens (tertiary/aromatic N) is 3. The molecule has 27 heavy (non-hydrogen) atoms. The normalized spacial score (nSPS) is 13.6. The van der Waals surface area contributed by atoms with Gasteiger partial charge in [0.25, 0.3) is 0 Å². The van der Waals surface area contributed by atoms with Crippen LogP contribution >= 0.6 is 0 Å². The number of anilines is 4. The van der Waals surface area contributed by atoms with Crippen LogP contribution in [-0.2, 0) is 6.54 Å². The Kier molecular flexibility index (Phi) is 5.19. The summed E-state index contributed by atoms with van der Waals surface area (Å²) in [4.78, 5) is 11.3. The Morgan fingerprint density at radius 1 is 0.963 bits per heavy atom. The second-order valence-corrected chi connectivity index (χ2v) is 6.91. The van der Waals surface area contributed by atoms with Crippen molar-refractivity contribution in [2.75, 3.05) is 28.6 Å². The van der Waals surface area contributed by atoms with Gasteiger partial charge in [-0.25, -0.2) is 4.98 Å². The molecule has 5 heteroatoms. The van der Waals surface area contributed by atoms with Crippen molar-refractivity contribution < 1.29 is 0 Å². The third kappa shape index (κ3) is 4.37. The SMILES string of the molecule is Cc1ccccc1CNc1ccnc(Nc2ccc(N3CCCC3)cc2)n1. The van der Waals surface area contributed by atoms with Gasteiger partial charge in [0.1, 0.15) is 5.82 Å². The molecule has 1 aromatic heterocycles. The van der Waals surface area contributed by atoms with E-state index in [0.717, 1.165) is 31.1 Å². The first-order chi connectivity index (χ1) is 13.3. The molecule has 0 bridgehead atoms. The van der Waals surface area contributed by atoms with Crippen molar-refractivity contribution in [3.05, 3.63) is 71.9 Å². The number of benzene rings is 2. The number of aryl methyl sites for hydroxylation is 1. The van der Waals surface area contributed by atoms with E-state index in [2.05, 4.69) is 81.0 Å². The van der Waals surface area contributed by atoms with Crippen LogP contribution in [0.1, 0.15) is 24.0 Å². The van der Waals surface area contributed by atoms with E-state index in [1.54, 1.807) is 6.20 Å². The number of nitrogens with one attached hydrogen (secondary N) is 2. The van der Waals surface area contributed by atoms with Crippen LogP contribution in [0.3, 0.4) is 0 Å². The van der Waals surface area contributed by atoms with Gasteiger partial charge in [0, 0.05) is 37.2 Å². The van der Waals surface area contributed by atoms with Gasteiger partial charge < -0.3 is 15.5 Å². The number of rotatable bonds is 6. The summed E-state index contributed by atoms with van der Waals surface area (Å²) in [5.74, 6) is 1.41. The van der Waals surface area contributed by atoms with Crippen molar-refractivity contribution in [2.45, 2.75) is 26.3 Å². The molecule has 138 valence electrons. The topological polar surface area (TPSA) is 53.1 Å². The fourth-order valence-electron chi connectivity index (χ4n) is 3.37. The summed E-state index contributed by atoms with van der Waals surface area (Å²) >= 11 is 0. The predicted molar refractivity (Wildman–Crippen MR) is 112 cm³/mol. The second-order valence-electron chi connectivity index (χ2n) is 6.91. The van der Waals surface area contributed by atoms with E-state index < -0.39 is 0 Å². The lowest BCUT2D eigenvalue weighted by molar-refractivity contribution is 0.949. The van der Waals surface area contributed by atoms with E-state index in [9.17, 15) is 0 Å². The van der Waals surface area contributed by atoms with Crippen LogP contribution in [-0.4, -0.2) is 23.1 Å². The molecule has 2 aromatic carbocycles. The average Bonchev–Trinajstić information content (AvgIpc) is 3.23. The van der Waals surface area contributed by atoms with E-state index in [4.69, 9.17) is 0 Å². The highest BCUT2D eigenvalue weighted by Crippen LogP contribution is 2.23. The Bertz CT molecular complexity index is 885. The molecule has 0 radical (unpaired) electrons. The van der Waals surface area contributed by atoms with Gasteiger partial charge in [0.2, 0.25) is 5.95 Å². The lowest BCUT2D eigenvalue weighted by Gasteiger charge is -2.17. The largest absolute Gasteiger partial charge is 0.372 e. The molecule has 4 rings (SSSR count). The monoisotopic (exact) mass is 359 g/mol. The van der Waals surface area contributed by atoms with Gasteiger partial charge in [0.05, 0.1) is 0 Å². The minimum absolute atomic E-state index is 0.596. The molecule has 2 heterocycles. The first-order valence-corrected chi connectivity index (χ1v) is 9.51. The minimum Gasteiger partial charge on any atom is -0.372 e. The first kappa shape index (κ1) is 17.3. The molecule has 1 aliphatic rings. The van der Waals surface area contributed by atoms with Gasteiger partial charge in [0.15, 0.2) is 0 Å². The zero-order valence-electron chi connectivity index (χ0n) is 15.7. The number of hydrogen-bond acceptors (Lipinski definition) is 5. The molecule has 0 spiro atoms. The molecular formula is C22H25N5. The maximum atomic E-state index is 4.57. The fourth-order valence-corrected chi connectivity index (χ4v) is 3.37. The van der Waals surface area contributed by atoms with Gasteiger partial charge in [-0.15, -0.1) is 0 Å². The maximum absolute atomic E-state index is 4.57. The third-order valence-electron chi connectivity index (χ3n) is 4.97. The van der Waals surface area contributed by atoms with Gasteiger partial charge >= 0.3 is 0 Å². The highest BCUT2D eigenvalue weighted by atomic mass is 15.2. The van der Waals surface area contributed by atoms with Crippen molar-refractivity contribution in [3.63, 3.8) is 0 Å². The van der Waals surface area contributed by atoms with E-state index in [1.807, 2.05) is 6.07 Å². The fraction of sp³-hybridized carbons (Fsp3) is 0.273. The highest BCUT2D eigenvalue weighted by molar-refractivity contribution is 5.60. The molecule has 0 aliphatic carbocycles. The predicted octanol–water partition coefficient (Wildman–Crippen LogP) is 4.74. The van der Waals surface area contributed by atoms with Crippen LogP contribution in [0.4, 0.5) is 23.1 Å². The number of aromatic nitrogens is 2. The summed E-state index contributed by atoms with van der Waals surface area (Å²) in [6.07, 6.45) is 4.35. The zero-order valence-corrected chi connectivity index (χ0v) is 15.7. The first-order valence-electron chi connectivity index (χ1n) is 9.51. The molecule has 1 fully saturated rings. The van der Waals surface area contributed by atoms with Crippen molar-refractivity contribution >= 4 is 23.1 Å². The Morgan fingerprint density at radius 3 is 2.52 bits per heavy atom. The van der Waals surface area contributed by atoms with E-state index in [0.29, 0.717) is 5.95 Å². The summed E-state index contributed by atoms with van der Waals surface area (Å²) in [5, 5.41) is 6.67. The molecule has 1 aliphatic heterocycles. The van der Waals surface area contributed by atoms with E-state index in [-0.39, 0.29) is 0 Å². The molecule has 1 saturated heterocycles. The summed E-state index contributed by atoms with van der Waals surface area (Å²) < 4.78 is 0. The molecule has 3 aromatic rings. The molecule has 2 N–H and O–H groups in total. The summed E-state index contributed by atoms with van der Waals surface area (Å²) in [7, 11) is 0. The second kappa shape index (κ2) is 8.08. The van der Waals surface area contributed by atoms with Crippen molar-refractivity contribution in [1.82, 2.24) is 9.97 Å². The summed E-state index contributed by atoms with van der Waals surface area (Å²) in [5.41, 5.74) is 4.82. The Hall–Kier alpha value is -3.08. The van der Waals surface area contributed by atoms with Crippen LogP contribution in [0.25, 0.3) is 0 Å². The lowest BCUT2D eigenvalue weighted by atomic mass is 10.1. The smallest absolute Gasteiger partial charge is 0.229 e. The Labute approximate surface area is 160 Å². The highest BCUT2D eigenvalue weighted by Gasteiger charge is 2.11. The third-order valence-corrected chi connectivity index (χ3v) is 4.97. The van der Waals surface area contributed by atoms with E-state index in [1.165, 1.54) is 29.7 Å². The average molecular weight is 359 g/mol. The Morgan fingerprint density at radius 2 is 1.74 bits per heavy atom. The van der Waals surface area contributed by atoms with E-state index >= 15 is 0 Å². The Balaban J connectivity index is 1.39. The zero-order chi connectivity index (χ0) is 18.5. The van der Waals surface area contributed by atoms with Crippen LogP contribution in [0, 0.1) is 6.92 Å². The van der Waals surface area contributed by atoms with Crippen LogP contribution < -0.4 is 15.5 Å². The number of hydrogen-bond donors (Lipinski definition) is 2. The summed E-state index contributed by atoms with van der Waals surface area (Å²) in [6, 6.07) is 18.8. The maximum Gasteiger partial charge on any atom is 0.229 e. The molecular weight excluding hydrogens is 334 g/mol. The van der Waals surface area contributed by atoms with Gasteiger partial charge in [-0.1, -0.05) is 24.3 Å². The lowest BCUT2D eigenvalue weighted by Crippen LogP contribution is -2.17. The van der Waals surface area contributed by atoms with Crippen molar-refractivity contribution in [1.29, 1.82) is 0 Å². The molecule has 0 atom stereocenters. The standard InChI is InChI=1S/C22H25N5/c1-17-6-2-3-7-18(17)16-24-21-12-13-23-22(26-21)25-19-8-10-20(11-9-19)27-14-4-5-15-27/h2-3,6-13H,4-5,14-16H2,1H3,(H2,23,24,25,26). The van der Waals surface area contributed by atoms with Crippen LogP contribution in [0.2, 0.25) is 0 Å². The van der Waals surface area contributed by atoms with Gasteiger partial charge in [-0.2, -0.15) is 4.98 Å². The molecule has 0 saturated carbocycles. The van der Waals surface area contributed by atoms with Crippen LogP contribution in [0.15, 0.2) is 60.8 Å². The molecule has 0 amide bonds. The quantitative estimate of drug-likeness (QED) is 0.666. The van der Waals surface area contributed by atoms with Crippen molar-refractivity contribution in [2.24, 2.45) is 0 Å². The minimum atomic E-state index is 0.596.